The summed E-state index contributed by atoms with van der Waals surface area (Å²) in [5, 5.41) is 9.21. The summed E-state index contributed by atoms with van der Waals surface area (Å²) in [5.74, 6) is 2.17. The zero-order chi connectivity index (χ0) is 9.14. The molecule has 0 spiro atoms. The second kappa shape index (κ2) is 3.10. The lowest BCUT2D eigenvalue weighted by molar-refractivity contribution is 0.101. The minimum atomic E-state index is -0.190. The average Bonchev–Trinajstić information content (AvgIpc) is 2.05. The Morgan fingerprint density at radius 2 is 2.25 bits per heavy atom. The first-order valence-electron chi connectivity index (χ1n) is 3.45. The van der Waals surface area contributed by atoms with Crippen LogP contribution in [-0.4, -0.2) is 10.9 Å². The van der Waals surface area contributed by atoms with E-state index in [2.05, 4.69) is 5.92 Å². The van der Waals surface area contributed by atoms with Crippen LogP contribution < -0.4 is 0 Å². The second-order valence-corrected chi connectivity index (χ2v) is 2.43. The van der Waals surface area contributed by atoms with Crippen LogP contribution in [0.5, 0.6) is 5.75 Å². The number of phenolic OH excluding ortho intramolecular Hbond substituents is 1. The highest BCUT2D eigenvalue weighted by Crippen LogP contribution is 2.18. The largest absolute Gasteiger partial charge is 0.507 e. The minimum Gasteiger partial charge on any atom is -0.507 e. The molecule has 0 radical (unpaired) electrons. The number of phenols is 1. The van der Waals surface area contributed by atoms with Crippen LogP contribution in [0.15, 0.2) is 18.2 Å². The Morgan fingerprint density at radius 3 is 2.75 bits per heavy atom. The van der Waals surface area contributed by atoms with E-state index in [9.17, 15) is 9.90 Å². The number of ketones is 1. The van der Waals surface area contributed by atoms with Gasteiger partial charge in [0.2, 0.25) is 0 Å². The molecule has 0 aliphatic rings. The third-order valence-electron chi connectivity index (χ3n) is 1.54. The standard InChI is InChI=1S/C10H8O2/c1-3-8-4-5-10(12)9(6-8)7(2)11/h1,4-6,12H,2H3. The molecule has 0 amide bonds. The lowest BCUT2D eigenvalue weighted by Crippen LogP contribution is -1.93. The summed E-state index contributed by atoms with van der Waals surface area (Å²) in [5.41, 5.74) is 0.864. The van der Waals surface area contributed by atoms with Gasteiger partial charge in [-0.1, -0.05) is 5.92 Å². The van der Waals surface area contributed by atoms with Crippen molar-refractivity contribution in [3.8, 4) is 18.1 Å². The summed E-state index contributed by atoms with van der Waals surface area (Å²) in [6.07, 6.45) is 5.13. The fourth-order valence-electron chi connectivity index (χ4n) is 0.908. The molecule has 0 unspecified atom stereocenters. The summed E-state index contributed by atoms with van der Waals surface area (Å²) in [7, 11) is 0. The van der Waals surface area contributed by atoms with Crippen molar-refractivity contribution in [2.75, 3.05) is 0 Å². The van der Waals surface area contributed by atoms with Crippen molar-refractivity contribution < 1.29 is 9.90 Å². The van der Waals surface area contributed by atoms with E-state index in [1.54, 1.807) is 6.07 Å². The van der Waals surface area contributed by atoms with Crippen LogP contribution in [-0.2, 0) is 0 Å². The number of rotatable bonds is 1. The number of hydrogen-bond acceptors (Lipinski definition) is 2. The zero-order valence-corrected chi connectivity index (χ0v) is 6.66. The van der Waals surface area contributed by atoms with Crippen LogP contribution >= 0.6 is 0 Å². The lowest BCUT2D eigenvalue weighted by atomic mass is 10.1. The second-order valence-electron chi connectivity index (χ2n) is 2.43. The van der Waals surface area contributed by atoms with Crippen molar-refractivity contribution in [3.05, 3.63) is 29.3 Å². The Kier molecular flexibility index (Phi) is 2.16. The van der Waals surface area contributed by atoms with Crippen molar-refractivity contribution in [3.63, 3.8) is 0 Å². The number of benzene rings is 1. The first-order chi connectivity index (χ1) is 5.65. The number of Topliss-reactive ketones (excluding diaryl/α,β-unsaturated/α-hetero) is 1. The van der Waals surface area contributed by atoms with Gasteiger partial charge >= 0.3 is 0 Å². The quantitative estimate of drug-likeness (QED) is 0.500. The highest BCUT2D eigenvalue weighted by Gasteiger charge is 2.05. The van der Waals surface area contributed by atoms with Gasteiger partial charge in [0.25, 0.3) is 0 Å². The van der Waals surface area contributed by atoms with E-state index in [0.717, 1.165) is 0 Å². The maximum Gasteiger partial charge on any atom is 0.163 e. The highest BCUT2D eigenvalue weighted by atomic mass is 16.3. The average molecular weight is 160 g/mol. The molecular weight excluding hydrogens is 152 g/mol. The van der Waals surface area contributed by atoms with E-state index < -0.39 is 0 Å². The minimum absolute atomic E-state index is 0.0264. The third kappa shape index (κ3) is 1.46. The fraction of sp³-hybridized carbons (Fsp3) is 0.100. The third-order valence-corrected chi connectivity index (χ3v) is 1.54. The van der Waals surface area contributed by atoms with Gasteiger partial charge in [0.15, 0.2) is 5.78 Å². The Morgan fingerprint density at radius 1 is 1.58 bits per heavy atom. The van der Waals surface area contributed by atoms with Crippen LogP contribution in [0.1, 0.15) is 22.8 Å². The van der Waals surface area contributed by atoms with Gasteiger partial charge in [-0.05, 0) is 25.1 Å². The Balaban J connectivity index is 3.28. The van der Waals surface area contributed by atoms with Gasteiger partial charge < -0.3 is 5.11 Å². The summed E-state index contributed by atoms with van der Waals surface area (Å²) in [6.45, 7) is 1.38. The van der Waals surface area contributed by atoms with E-state index in [1.165, 1.54) is 19.1 Å². The molecule has 2 nitrogen and oxygen atoms in total. The first-order valence-corrected chi connectivity index (χ1v) is 3.45. The predicted octanol–water partition coefficient (Wildman–Crippen LogP) is 1.58. The molecule has 0 fully saturated rings. The van der Waals surface area contributed by atoms with Crippen molar-refractivity contribution in [1.29, 1.82) is 0 Å². The van der Waals surface area contributed by atoms with E-state index in [0.29, 0.717) is 5.56 Å². The summed E-state index contributed by atoms with van der Waals surface area (Å²) in [4.78, 5) is 10.9. The molecule has 2 heteroatoms. The van der Waals surface area contributed by atoms with Gasteiger partial charge in [-0.25, -0.2) is 0 Å². The smallest absolute Gasteiger partial charge is 0.163 e. The first kappa shape index (κ1) is 8.35. The topological polar surface area (TPSA) is 37.3 Å². The van der Waals surface area contributed by atoms with Gasteiger partial charge in [-0.2, -0.15) is 0 Å². The van der Waals surface area contributed by atoms with Crippen LogP contribution in [0, 0.1) is 12.3 Å². The maximum absolute atomic E-state index is 10.9. The van der Waals surface area contributed by atoms with Gasteiger partial charge in [-0.3, -0.25) is 4.79 Å². The van der Waals surface area contributed by atoms with Crippen LogP contribution in [0.25, 0.3) is 0 Å². The number of hydrogen-bond donors (Lipinski definition) is 1. The Bertz CT molecular complexity index is 359. The van der Waals surface area contributed by atoms with Crippen molar-refractivity contribution in [2.24, 2.45) is 0 Å². The number of carbonyl (C=O) groups is 1. The molecule has 0 atom stereocenters. The molecule has 0 bridgehead atoms. The number of carbonyl (C=O) groups excluding carboxylic acids is 1. The predicted molar refractivity (Wildman–Crippen MR) is 46.0 cm³/mol. The molecule has 0 aliphatic carbocycles. The Hall–Kier alpha value is -1.75. The molecule has 0 heterocycles. The molecule has 1 aromatic carbocycles. The molecule has 1 rings (SSSR count). The van der Waals surface area contributed by atoms with Crippen molar-refractivity contribution in [1.82, 2.24) is 0 Å². The summed E-state index contributed by atoms with van der Waals surface area (Å²) < 4.78 is 0. The van der Waals surface area contributed by atoms with E-state index in [4.69, 9.17) is 6.42 Å². The fourth-order valence-corrected chi connectivity index (χ4v) is 0.908. The normalized spacial score (nSPS) is 9.00. The van der Waals surface area contributed by atoms with Gasteiger partial charge in [0.1, 0.15) is 5.75 Å². The number of terminal acetylenes is 1. The van der Waals surface area contributed by atoms with E-state index in [-0.39, 0.29) is 17.1 Å². The summed E-state index contributed by atoms with van der Waals surface area (Å²) in [6, 6.07) is 4.51. The van der Waals surface area contributed by atoms with Gasteiger partial charge in [0, 0.05) is 5.56 Å². The maximum atomic E-state index is 10.9. The lowest BCUT2D eigenvalue weighted by Gasteiger charge is -1.99. The monoisotopic (exact) mass is 160 g/mol. The molecule has 1 aromatic rings. The van der Waals surface area contributed by atoms with Crippen LogP contribution in [0.2, 0.25) is 0 Å². The van der Waals surface area contributed by atoms with Crippen molar-refractivity contribution in [2.45, 2.75) is 6.92 Å². The van der Waals surface area contributed by atoms with Crippen LogP contribution in [0.3, 0.4) is 0 Å². The summed E-state index contributed by atoms with van der Waals surface area (Å²) >= 11 is 0. The van der Waals surface area contributed by atoms with Gasteiger partial charge in [-0.15, -0.1) is 6.42 Å². The molecular formula is C10H8O2. The van der Waals surface area contributed by atoms with E-state index >= 15 is 0 Å². The molecule has 1 N–H and O–H groups in total. The SMILES string of the molecule is C#Cc1ccc(O)c(C(C)=O)c1. The molecule has 0 aliphatic heterocycles. The number of aromatic hydroxyl groups is 1. The highest BCUT2D eigenvalue weighted by molar-refractivity contribution is 5.97. The van der Waals surface area contributed by atoms with Crippen LogP contribution in [0.4, 0.5) is 0 Å². The molecule has 60 valence electrons. The molecule has 0 saturated carbocycles. The molecule has 12 heavy (non-hydrogen) atoms. The zero-order valence-electron chi connectivity index (χ0n) is 6.66. The van der Waals surface area contributed by atoms with Gasteiger partial charge in [0.05, 0.1) is 5.56 Å². The van der Waals surface area contributed by atoms with E-state index in [1.807, 2.05) is 0 Å². The molecule has 0 saturated heterocycles. The van der Waals surface area contributed by atoms with Crippen molar-refractivity contribution >= 4 is 5.78 Å². The molecule has 0 aromatic heterocycles. The Labute approximate surface area is 70.8 Å².